The van der Waals surface area contributed by atoms with Crippen molar-refractivity contribution in [3.05, 3.63) is 72.3 Å². The number of likely N-dealkylation sites (tertiary alicyclic amines) is 1. The van der Waals surface area contributed by atoms with Crippen LogP contribution >= 0.6 is 0 Å². The van der Waals surface area contributed by atoms with Crippen molar-refractivity contribution in [3.63, 3.8) is 0 Å². The highest BCUT2D eigenvalue weighted by molar-refractivity contribution is 6.00. The minimum absolute atomic E-state index is 0.0300. The number of hydrogen-bond acceptors (Lipinski definition) is 6. The Morgan fingerprint density at radius 1 is 1.16 bits per heavy atom. The van der Waals surface area contributed by atoms with Gasteiger partial charge >= 0.3 is 0 Å². The summed E-state index contributed by atoms with van der Waals surface area (Å²) in [6.07, 6.45) is 4.85. The van der Waals surface area contributed by atoms with Gasteiger partial charge in [-0.2, -0.15) is 4.98 Å². The molecule has 8 heteroatoms. The van der Waals surface area contributed by atoms with Crippen molar-refractivity contribution >= 4 is 23.0 Å². The number of oxazole rings is 1. The predicted molar refractivity (Wildman–Crippen MR) is 119 cm³/mol. The molecule has 0 bridgehead atoms. The van der Waals surface area contributed by atoms with E-state index in [2.05, 4.69) is 20.3 Å². The van der Waals surface area contributed by atoms with Crippen molar-refractivity contribution in [2.24, 2.45) is 0 Å². The number of benzene rings is 2. The fourth-order valence-electron chi connectivity index (χ4n) is 4.20. The number of hydrogen-bond donors (Lipinski definition) is 1. The van der Waals surface area contributed by atoms with E-state index in [4.69, 9.17) is 4.42 Å². The second kappa shape index (κ2) is 8.37. The molecule has 1 fully saturated rings. The molecule has 1 N–H and O–H groups in total. The molecule has 4 aromatic rings. The van der Waals surface area contributed by atoms with Gasteiger partial charge in [0.1, 0.15) is 11.3 Å². The first kappa shape index (κ1) is 20.1. The van der Waals surface area contributed by atoms with E-state index in [1.807, 2.05) is 36.1 Å². The molecule has 1 aliphatic rings. The van der Waals surface area contributed by atoms with Crippen LogP contribution in [0.25, 0.3) is 22.5 Å². The number of carbonyl (C=O) groups excluding carboxylic acids is 1. The molecule has 2 atom stereocenters. The molecule has 1 saturated heterocycles. The van der Waals surface area contributed by atoms with Gasteiger partial charge in [0.05, 0.1) is 11.6 Å². The monoisotopic (exact) mass is 431 g/mol. The molecule has 7 nitrogen and oxygen atoms in total. The van der Waals surface area contributed by atoms with Crippen LogP contribution in [0.4, 0.5) is 10.4 Å². The topological polar surface area (TPSA) is 84.2 Å². The molecule has 3 heterocycles. The summed E-state index contributed by atoms with van der Waals surface area (Å²) in [6, 6.07) is 13.7. The average Bonchev–Trinajstić information content (AvgIpc) is 3.23. The number of anilines is 1. The molecular formula is C24H22FN5O2. The molecule has 5 rings (SSSR count). The molecule has 0 radical (unpaired) electrons. The minimum atomic E-state index is -0.439. The first-order valence-corrected chi connectivity index (χ1v) is 10.6. The summed E-state index contributed by atoms with van der Waals surface area (Å²) < 4.78 is 19.8. The van der Waals surface area contributed by atoms with Crippen molar-refractivity contribution < 1.29 is 13.6 Å². The van der Waals surface area contributed by atoms with E-state index in [1.54, 1.807) is 18.5 Å². The number of nitrogens with one attached hydrogen (secondary N) is 1. The summed E-state index contributed by atoms with van der Waals surface area (Å²) in [6.45, 7) is 2.61. The fraction of sp³-hybridized carbons (Fsp3) is 0.250. The molecule has 0 spiro atoms. The van der Waals surface area contributed by atoms with Gasteiger partial charge in [0.15, 0.2) is 11.4 Å². The largest absolute Gasteiger partial charge is 0.424 e. The summed E-state index contributed by atoms with van der Waals surface area (Å²) in [7, 11) is 0. The molecule has 0 saturated carbocycles. The highest BCUT2D eigenvalue weighted by atomic mass is 19.1. The second-order valence-electron chi connectivity index (χ2n) is 7.88. The molecule has 2 unspecified atom stereocenters. The predicted octanol–water partition coefficient (Wildman–Crippen LogP) is 4.53. The van der Waals surface area contributed by atoms with Crippen LogP contribution in [0.15, 0.2) is 65.3 Å². The summed E-state index contributed by atoms with van der Waals surface area (Å²) in [5, 5.41) is 3.36. The van der Waals surface area contributed by atoms with Gasteiger partial charge in [-0.1, -0.05) is 12.1 Å². The molecule has 2 aromatic carbocycles. The Kier molecular flexibility index (Phi) is 5.26. The van der Waals surface area contributed by atoms with E-state index < -0.39 is 5.82 Å². The van der Waals surface area contributed by atoms with Crippen LogP contribution in [0.1, 0.15) is 30.1 Å². The van der Waals surface area contributed by atoms with Crippen LogP contribution in [0.2, 0.25) is 0 Å². The third-order valence-corrected chi connectivity index (χ3v) is 5.87. The maximum absolute atomic E-state index is 14.0. The van der Waals surface area contributed by atoms with Crippen LogP contribution < -0.4 is 5.32 Å². The molecular weight excluding hydrogens is 409 g/mol. The molecule has 1 amide bonds. The van der Waals surface area contributed by atoms with E-state index in [9.17, 15) is 9.18 Å². The second-order valence-corrected chi connectivity index (χ2v) is 7.88. The van der Waals surface area contributed by atoms with E-state index in [-0.39, 0.29) is 18.0 Å². The number of carbonyl (C=O) groups is 1. The standard InChI is InChI=1S/C24H22FN5O2/c1-15-19(28-24-29-20-6-2-3-8-21(20)32-24)7-4-13-30(15)23(31)17-10-9-16(25)14-18(17)22-26-11-5-12-27-22/h2-3,5-6,8-12,14-15,19H,4,7,13H2,1H3,(H,28,29). The van der Waals surface area contributed by atoms with Crippen molar-refractivity contribution in [2.75, 3.05) is 11.9 Å². The molecule has 32 heavy (non-hydrogen) atoms. The first-order valence-electron chi connectivity index (χ1n) is 10.6. The normalized spacial score (nSPS) is 18.6. The Bertz CT molecular complexity index is 1230. The lowest BCUT2D eigenvalue weighted by atomic mass is 9.95. The lowest BCUT2D eigenvalue weighted by Gasteiger charge is -2.39. The molecule has 2 aromatic heterocycles. The van der Waals surface area contributed by atoms with Gasteiger partial charge in [-0.15, -0.1) is 0 Å². The zero-order chi connectivity index (χ0) is 22.1. The lowest BCUT2D eigenvalue weighted by molar-refractivity contribution is 0.0616. The SMILES string of the molecule is CC1C(Nc2nc3ccccc3o2)CCCN1C(=O)c1ccc(F)cc1-c1ncccn1. The van der Waals surface area contributed by atoms with Gasteiger partial charge in [-0.3, -0.25) is 4.79 Å². The third kappa shape index (κ3) is 3.79. The van der Waals surface area contributed by atoms with Gasteiger partial charge in [0.2, 0.25) is 0 Å². The number of piperidine rings is 1. The minimum Gasteiger partial charge on any atom is -0.424 e. The van der Waals surface area contributed by atoms with Gasteiger partial charge in [-0.25, -0.2) is 14.4 Å². The lowest BCUT2D eigenvalue weighted by Crippen LogP contribution is -2.52. The Morgan fingerprint density at radius 2 is 1.97 bits per heavy atom. The smallest absolute Gasteiger partial charge is 0.295 e. The number of halogens is 1. The number of para-hydroxylation sites is 2. The molecule has 162 valence electrons. The highest BCUT2D eigenvalue weighted by Crippen LogP contribution is 2.28. The Morgan fingerprint density at radius 3 is 2.78 bits per heavy atom. The van der Waals surface area contributed by atoms with E-state index >= 15 is 0 Å². The number of nitrogens with zero attached hydrogens (tertiary/aromatic N) is 4. The number of amides is 1. The highest BCUT2D eigenvalue weighted by Gasteiger charge is 2.33. The van der Waals surface area contributed by atoms with Gasteiger partial charge in [0.25, 0.3) is 11.9 Å². The van der Waals surface area contributed by atoms with Crippen LogP contribution in [-0.2, 0) is 0 Å². The molecule has 0 aliphatic carbocycles. The quantitative estimate of drug-likeness (QED) is 0.511. The van der Waals surface area contributed by atoms with Crippen molar-refractivity contribution in [3.8, 4) is 11.4 Å². The Hall–Kier alpha value is -3.81. The fourth-order valence-corrected chi connectivity index (χ4v) is 4.20. The van der Waals surface area contributed by atoms with Crippen LogP contribution in [0, 0.1) is 5.82 Å². The summed E-state index contributed by atoms with van der Waals surface area (Å²) >= 11 is 0. The van der Waals surface area contributed by atoms with Gasteiger partial charge in [-0.05, 0) is 56.2 Å². The number of rotatable bonds is 4. The summed E-state index contributed by atoms with van der Waals surface area (Å²) in [5.74, 6) is -0.295. The van der Waals surface area contributed by atoms with Crippen molar-refractivity contribution in [2.45, 2.75) is 31.8 Å². The van der Waals surface area contributed by atoms with E-state index in [0.29, 0.717) is 35.1 Å². The van der Waals surface area contributed by atoms with E-state index in [0.717, 1.165) is 18.4 Å². The Balaban J connectivity index is 1.41. The van der Waals surface area contributed by atoms with Crippen molar-refractivity contribution in [1.82, 2.24) is 19.9 Å². The summed E-state index contributed by atoms with van der Waals surface area (Å²) in [4.78, 5) is 28.3. The first-order chi connectivity index (χ1) is 15.6. The Labute approximate surface area is 184 Å². The number of aromatic nitrogens is 3. The van der Waals surface area contributed by atoms with Gasteiger partial charge < -0.3 is 14.6 Å². The van der Waals surface area contributed by atoms with Gasteiger partial charge in [0, 0.05) is 30.5 Å². The number of fused-ring (bicyclic) bond motifs is 1. The zero-order valence-corrected chi connectivity index (χ0v) is 17.5. The van der Waals surface area contributed by atoms with E-state index in [1.165, 1.54) is 18.2 Å². The van der Waals surface area contributed by atoms with Crippen molar-refractivity contribution in [1.29, 1.82) is 0 Å². The summed E-state index contributed by atoms with van der Waals surface area (Å²) in [5.41, 5.74) is 2.26. The average molecular weight is 431 g/mol. The third-order valence-electron chi connectivity index (χ3n) is 5.87. The maximum atomic E-state index is 14.0. The maximum Gasteiger partial charge on any atom is 0.295 e. The molecule has 1 aliphatic heterocycles. The van der Waals surface area contributed by atoms with Crippen LogP contribution in [-0.4, -0.2) is 44.4 Å². The van der Waals surface area contributed by atoms with Crippen LogP contribution in [0.3, 0.4) is 0 Å². The zero-order valence-electron chi connectivity index (χ0n) is 17.5. The van der Waals surface area contributed by atoms with Crippen LogP contribution in [0.5, 0.6) is 0 Å².